The van der Waals surface area contributed by atoms with Gasteiger partial charge in [0.2, 0.25) is 5.91 Å². The molecule has 0 bridgehead atoms. The lowest BCUT2D eigenvalue weighted by atomic mass is 9.73. The highest BCUT2D eigenvalue weighted by atomic mass is 35.5. The van der Waals surface area contributed by atoms with Gasteiger partial charge in [0.05, 0.1) is 11.5 Å². The number of rotatable bonds is 6. The number of anilines is 1. The SMILES string of the molecule is CCC(C)Oc1c(C)cc(NC(=O)C2(c3ccccc3Cl)CCOCC2)cc1C. The zero-order valence-corrected chi connectivity index (χ0v) is 18.4. The quantitative estimate of drug-likeness (QED) is 0.646. The Morgan fingerprint density at radius 1 is 1.21 bits per heavy atom. The zero-order valence-electron chi connectivity index (χ0n) is 17.7. The molecule has 2 aromatic carbocycles. The van der Waals surface area contributed by atoms with Crippen LogP contribution in [0.3, 0.4) is 0 Å². The van der Waals surface area contributed by atoms with Crippen LogP contribution in [-0.2, 0) is 14.9 Å². The van der Waals surface area contributed by atoms with Gasteiger partial charge in [-0.1, -0.05) is 36.7 Å². The van der Waals surface area contributed by atoms with E-state index in [1.165, 1.54) is 0 Å². The molecule has 1 unspecified atom stereocenters. The highest BCUT2D eigenvalue weighted by molar-refractivity contribution is 6.31. The molecule has 1 atom stereocenters. The molecule has 0 radical (unpaired) electrons. The van der Waals surface area contributed by atoms with E-state index >= 15 is 0 Å². The summed E-state index contributed by atoms with van der Waals surface area (Å²) in [6.45, 7) is 9.27. The Morgan fingerprint density at radius 2 is 1.83 bits per heavy atom. The molecule has 0 aromatic heterocycles. The molecule has 1 saturated heterocycles. The standard InChI is InChI=1S/C24H30ClNO3/c1-5-18(4)29-22-16(2)14-19(15-17(22)3)26-23(27)24(10-12-28-13-11-24)20-8-6-7-9-21(20)25/h6-9,14-15,18H,5,10-13H2,1-4H3,(H,26,27). The van der Waals surface area contributed by atoms with E-state index in [2.05, 4.69) is 19.2 Å². The van der Waals surface area contributed by atoms with Gasteiger partial charge in [0.25, 0.3) is 0 Å². The summed E-state index contributed by atoms with van der Waals surface area (Å²) in [5, 5.41) is 3.77. The van der Waals surface area contributed by atoms with Crippen molar-refractivity contribution >= 4 is 23.2 Å². The highest BCUT2D eigenvalue weighted by Crippen LogP contribution is 2.40. The summed E-state index contributed by atoms with van der Waals surface area (Å²) in [7, 11) is 0. The Morgan fingerprint density at radius 3 is 2.41 bits per heavy atom. The Hall–Kier alpha value is -2.04. The van der Waals surface area contributed by atoms with E-state index in [1.807, 2.05) is 50.2 Å². The van der Waals surface area contributed by atoms with Gasteiger partial charge in [-0.05, 0) is 74.9 Å². The molecule has 29 heavy (non-hydrogen) atoms. The molecule has 1 heterocycles. The van der Waals surface area contributed by atoms with Crippen LogP contribution in [0.15, 0.2) is 36.4 Å². The number of aryl methyl sites for hydroxylation is 2. The molecular formula is C24H30ClNO3. The number of benzene rings is 2. The average molecular weight is 416 g/mol. The second-order valence-electron chi connectivity index (χ2n) is 7.90. The number of carbonyl (C=O) groups excluding carboxylic acids is 1. The number of ether oxygens (including phenoxy) is 2. The predicted octanol–water partition coefficient (Wildman–Crippen LogP) is 5.82. The Bertz CT molecular complexity index is 851. The smallest absolute Gasteiger partial charge is 0.235 e. The van der Waals surface area contributed by atoms with Crippen molar-refractivity contribution in [3.8, 4) is 5.75 Å². The molecular weight excluding hydrogens is 386 g/mol. The minimum absolute atomic E-state index is 0.0386. The molecule has 1 aliphatic rings. The van der Waals surface area contributed by atoms with Crippen LogP contribution < -0.4 is 10.1 Å². The number of hydrogen-bond donors (Lipinski definition) is 1. The average Bonchev–Trinajstić information content (AvgIpc) is 2.71. The Balaban J connectivity index is 1.90. The third-order valence-corrected chi connectivity index (χ3v) is 6.11. The lowest BCUT2D eigenvalue weighted by molar-refractivity contribution is -0.125. The maximum absolute atomic E-state index is 13.5. The van der Waals surface area contributed by atoms with Gasteiger partial charge in [0.15, 0.2) is 0 Å². The van der Waals surface area contributed by atoms with Crippen LogP contribution >= 0.6 is 11.6 Å². The highest BCUT2D eigenvalue weighted by Gasteiger charge is 2.43. The van der Waals surface area contributed by atoms with E-state index in [-0.39, 0.29) is 12.0 Å². The third-order valence-electron chi connectivity index (χ3n) is 5.78. The maximum atomic E-state index is 13.5. The van der Waals surface area contributed by atoms with Gasteiger partial charge in [-0.3, -0.25) is 4.79 Å². The first kappa shape index (κ1) is 21.7. The summed E-state index contributed by atoms with van der Waals surface area (Å²) >= 11 is 6.49. The van der Waals surface area contributed by atoms with Crippen LogP contribution in [0.25, 0.3) is 0 Å². The Kier molecular flexibility index (Phi) is 6.86. The van der Waals surface area contributed by atoms with E-state index < -0.39 is 5.41 Å². The van der Waals surface area contributed by atoms with Crippen molar-refractivity contribution in [3.63, 3.8) is 0 Å². The molecule has 156 valence electrons. The van der Waals surface area contributed by atoms with Crippen molar-refractivity contribution in [2.24, 2.45) is 0 Å². The first-order valence-electron chi connectivity index (χ1n) is 10.3. The predicted molar refractivity (Wildman–Crippen MR) is 118 cm³/mol. The Labute approximate surface area is 178 Å². The molecule has 0 aliphatic carbocycles. The van der Waals surface area contributed by atoms with E-state index in [0.717, 1.165) is 34.5 Å². The maximum Gasteiger partial charge on any atom is 0.235 e. The van der Waals surface area contributed by atoms with E-state index in [1.54, 1.807) is 0 Å². The monoisotopic (exact) mass is 415 g/mol. The number of carbonyl (C=O) groups is 1. The third kappa shape index (κ3) is 4.59. The number of nitrogens with one attached hydrogen (secondary N) is 1. The second-order valence-corrected chi connectivity index (χ2v) is 8.31. The summed E-state index contributed by atoms with van der Waals surface area (Å²) in [5.74, 6) is 0.854. The van der Waals surface area contributed by atoms with Gasteiger partial charge in [-0.15, -0.1) is 0 Å². The molecule has 1 amide bonds. The van der Waals surface area contributed by atoms with Gasteiger partial charge < -0.3 is 14.8 Å². The van der Waals surface area contributed by atoms with E-state index in [4.69, 9.17) is 21.1 Å². The van der Waals surface area contributed by atoms with Crippen molar-refractivity contribution in [2.45, 2.75) is 58.5 Å². The van der Waals surface area contributed by atoms with Crippen LogP contribution in [-0.4, -0.2) is 25.2 Å². The molecule has 2 aromatic rings. The number of hydrogen-bond acceptors (Lipinski definition) is 3. The normalized spacial score (nSPS) is 16.9. The summed E-state index contributed by atoms with van der Waals surface area (Å²) < 4.78 is 11.6. The van der Waals surface area contributed by atoms with E-state index in [9.17, 15) is 4.79 Å². The summed E-state index contributed by atoms with van der Waals surface area (Å²) in [6, 6.07) is 11.6. The fourth-order valence-corrected chi connectivity index (χ4v) is 4.25. The molecule has 4 nitrogen and oxygen atoms in total. The van der Waals surface area contributed by atoms with Gasteiger partial charge in [-0.2, -0.15) is 0 Å². The molecule has 3 rings (SSSR count). The van der Waals surface area contributed by atoms with Crippen LogP contribution in [0.2, 0.25) is 5.02 Å². The minimum atomic E-state index is -0.690. The summed E-state index contributed by atoms with van der Waals surface area (Å²) in [5.41, 5.74) is 2.98. The van der Waals surface area contributed by atoms with Crippen LogP contribution in [0, 0.1) is 13.8 Å². The number of halogens is 1. The molecule has 5 heteroatoms. The van der Waals surface area contributed by atoms with Gasteiger partial charge in [-0.25, -0.2) is 0 Å². The van der Waals surface area contributed by atoms with Crippen LogP contribution in [0.1, 0.15) is 49.8 Å². The minimum Gasteiger partial charge on any atom is -0.490 e. The largest absolute Gasteiger partial charge is 0.490 e. The van der Waals surface area contributed by atoms with Crippen molar-refractivity contribution in [2.75, 3.05) is 18.5 Å². The van der Waals surface area contributed by atoms with Crippen LogP contribution in [0.4, 0.5) is 5.69 Å². The van der Waals surface area contributed by atoms with Gasteiger partial charge >= 0.3 is 0 Å². The fraction of sp³-hybridized carbons (Fsp3) is 0.458. The summed E-state index contributed by atoms with van der Waals surface area (Å²) in [4.78, 5) is 13.5. The van der Waals surface area contributed by atoms with Crippen LogP contribution in [0.5, 0.6) is 5.75 Å². The van der Waals surface area contributed by atoms with Crippen molar-refractivity contribution in [1.82, 2.24) is 0 Å². The molecule has 1 fully saturated rings. The first-order chi connectivity index (χ1) is 13.9. The van der Waals surface area contributed by atoms with Crippen molar-refractivity contribution < 1.29 is 14.3 Å². The molecule has 0 saturated carbocycles. The molecule has 1 aliphatic heterocycles. The van der Waals surface area contributed by atoms with Gasteiger partial charge in [0.1, 0.15) is 5.75 Å². The second kappa shape index (κ2) is 9.19. The summed E-state index contributed by atoms with van der Waals surface area (Å²) in [6.07, 6.45) is 2.31. The lowest BCUT2D eigenvalue weighted by Gasteiger charge is -2.36. The molecule has 1 N–H and O–H groups in total. The first-order valence-corrected chi connectivity index (χ1v) is 10.7. The van der Waals surface area contributed by atoms with Gasteiger partial charge in [0, 0.05) is 23.9 Å². The zero-order chi connectivity index (χ0) is 21.0. The van der Waals surface area contributed by atoms with Crippen molar-refractivity contribution in [1.29, 1.82) is 0 Å². The fourth-order valence-electron chi connectivity index (χ4n) is 3.93. The lowest BCUT2D eigenvalue weighted by Crippen LogP contribution is -2.45. The van der Waals surface area contributed by atoms with E-state index in [0.29, 0.717) is 31.1 Å². The van der Waals surface area contributed by atoms with Crippen molar-refractivity contribution in [3.05, 3.63) is 58.1 Å². The number of amides is 1. The topological polar surface area (TPSA) is 47.6 Å². The molecule has 0 spiro atoms.